The highest BCUT2D eigenvalue weighted by molar-refractivity contribution is 5.97. The Morgan fingerprint density at radius 1 is 1.42 bits per heavy atom. The molecule has 0 aliphatic carbocycles. The molecule has 2 heterocycles. The van der Waals surface area contributed by atoms with Crippen LogP contribution in [0.25, 0.3) is 0 Å². The van der Waals surface area contributed by atoms with Crippen molar-refractivity contribution in [2.75, 3.05) is 51.3 Å². The first kappa shape index (κ1) is 18.7. The number of hydrogen-bond donors (Lipinski definition) is 1. The molecule has 2 aliphatic rings. The van der Waals surface area contributed by atoms with E-state index in [2.05, 4.69) is 21.3 Å². The van der Waals surface area contributed by atoms with Crippen molar-refractivity contribution < 1.29 is 9.53 Å². The van der Waals surface area contributed by atoms with Gasteiger partial charge in [-0.05, 0) is 37.8 Å². The molecule has 6 nitrogen and oxygen atoms in total. The summed E-state index contributed by atoms with van der Waals surface area (Å²) in [5.74, 6) is 1.39. The Morgan fingerprint density at radius 2 is 2.27 bits per heavy atom. The minimum Gasteiger partial charge on any atom is -0.381 e. The molecule has 1 atom stereocenters. The monoisotopic (exact) mass is 358 g/mol. The molecule has 1 saturated heterocycles. The van der Waals surface area contributed by atoms with Gasteiger partial charge in [0.25, 0.3) is 0 Å². The first-order valence-electron chi connectivity index (χ1n) is 9.64. The number of amides is 1. The lowest BCUT2D eigenvalue weighted by Crippen LogP contribution is -2.43. The zero-order valence-corrected chi connectivity index (χ0v) is 15.9. The molecule has 0 radical (unpaired) electrons. The Labute approximate surface area is 156 Å². The second-order valence-corrected chi connectivity index (χ2v) is 7.06. The maximum Gasteiger partial charge on any atom is 0.248 e. The van der Waals surface area contributed by atoms with Gasteiger partial charge in [-0.3, -0.25) is 4.79 Å². The van der Waals surface area contributed by atoms with Gasteiger partial charge in [0.1, 0.15) is 6.54 Å². The molecule has 1 fully saturated rings. The van der Waals surface area contributed by atoms with Crippen molar-refractivity contribution in [2.45, 2.75) is 26.2 Å². The minimum atomic E-state index is 0.0603. The Balaban J connectivity index is 1.64. The molecular formula is C20H30N4O2. The summed E-state index contributed by atoms with van der Waals surface area (Å²) in [5.41, 5.74) is 2.29. The number of anilines is 1. The van der Waals surface area contributed by atoms with Crippen LogP contribution in [0.3, 0.4) is 0 Å². The summed E-state index contributed by atoms with van der Waals surface area (Å²) >= 11 is 0. The minimum absolute atomic E-state index is 0.0603. The van der Waals surface area contributed by atoms with E-state index in [1.807, 2.05) is 37.1 Å². The standard InChI is InChI=1S/C20H30N4O2/c1-3-21-20(23(2)14-16-10-12-26-15-16)22-13-19(25)24-11-6-8-17-7-4-5-9-18(17)24/h4-5,7,9,16H,3,6,8,10-15H2,1-2H3,(H,21,22). The van der Waals surface area contributed by atoms with Crippen LogP contribution in [0.2, 0.25) is 0 Å². The van der Waals surface area contributed by atoms with Crippen molar-refractivity contribution in [3.8, 4) is 0 Å². The van der Waals surface area contributed by atoms with Gasteiger partial charge < -0.3 is 19.9 Å². The highest BCUT2D eigenvalue weighted by Crippen LogP contribution is 2.26. The number of aliphatic imine (C=N–C) groups is 1. The number of ether oxygens (including phenoxy) is 1. The van der Waals surface area contributed by atoms with E-state index in [0.29, 0.717) is 5.92 Å². The quantitative estimate of drug-likeness (QED) is 0.645. The third-order valence-corrected chi connectivity index (χ3v) is 5.03. The Bertz CT molecular complexity index is 640. The molecule has 0 spiro atoms. The van der Waals surface area contributed by atoms with Gasteiger partial charge >= 0.3 is 0 Å². The zero-order valence-electron chi connectivity index (χ0n) is 15.9. The zero-order chi connectivity index (χ0) is 18.4. The van der Waals surface area contributed by atoms with Crippen molar-refractivity contribution in [2.24, 2.45) is 10.9 Å². The first-order valence-corrected chi connectivity index (χ1v) is 9.64. The van der Waals surface area contributed by atoms with Crippen LogP contribution < -0.4 is 10.2 Å². The van der Waals surface area contributed by atoms with Gasteiger partial charge in [-0.1, -0.05) is 18.2 Å². The van der Waals surface area contributed by atoms with Crippen LogP contribution in [0.15, 0.2) is 29.3 Å². The number of fused-ring (bicyclic) bond motifs is 1. The Kier molecular flexibility index (Phi) is 6.50. The normalized spacial score (nSPS) is 20.0. The molecule has 0 aromatic heterocycles. The number of benzene rings is 1. The van der Waals surface area contributed by atoms with Gasteiger partial charge in [0.15, 0.2) is 5.96 Å². The molecular weight excluding hydrogens is 328 g/mol. The number of nitrogens with zero attached hydrogens (tertiary/aromatic N) is 3. The molecule has 1 unspecified atom stereocenters. The van der Waals surface area contributed by atoms with Crippen molar-refractivity contribution in [1.29, 1.82) is 0 Å². The predicted octanol–water partition coefficient (Wildman–Crippen LogP) is 1.90. The van der Waals surface area contributed by atoms with E-state index in [1.54, 1.807) is 0 Å². The van der Waals surface area contributed by atoms with Crippen LogP contribution in [0.4, 0.5) is 5.69 Å². The second kappa shape index (κ2) is 9.03. The molecule has 26 heavy (non-hydrogen) atoms. The highest BCUT2D eigenvalue weighted by Gasteiger charge is 2.23. The van der Waals surface area contributed by atoms with E-state index in [9.17, 15) is 4.79 Å². The van der Waals surface area contributed by atoms with Gasteiger partial charge in [0, 0.05) is 44.9 Å². The smallest absolute Gasteiger partial charge is 0.248 e. The highest BCUT2D eigenvalue weighted by atomic mass is 16.5. The van der Waals surface area contributed by atoms with Crippen LogP contribution in [0.5, 0.6) is 0 Å². The number of carbonyl (C=O) groups is 1. The largest absolute Gasteiger partial charge is 0.381 e. The molecule has 2 aliphatic heterocycles. The first-order chi connectivity index (χ1) is 12.7. The average molecular weight is 358 g/mol. The van der Waals surface area contributed by atoms with E-state index in [-0.39, 0.29) is 12.5 Å². The van der Waals surface area contributed by atoms with E-state index in [0.717, 1.165) is 63.8 Å². The number of carbonyl (C=O) groups excluding carboxylic acids is 1. The maximum absolute atomic E-state index is 12.8. The summed E-state index contributed by atoms with van der Waals surface area (Å²) < 4.78 is 5.46. The summed E-state index contributed by atoms with van der Waals surface area (Å²) in [5, 5.41) is 3.30. The lowest BCUT2D eigenvalue weighted by molar-refractivity contribution is -0.117. The molecule has 6 heteroatoms. The summed E-state index contributed by atoms with van der Waals surface area (Å²) in [6.07, 6.45) is 3.14. The third-order valence-electron chi connectivity index (χ3n) is 5.03. The molecule has 1 N–H and O–H groups in total. The van der Waals surface area contributed by atoms with Crippen molar-refractivity contribution >= 4 is 17.6 Å². The van der Waals surface area contributed by atoms with Crippen molar-refractivity contribution in [1.82, 2.24) is 10.2 Å². The van der Waals surface area contributed by atoms with Gasteiger partial charge in [-0.2, -0.15) is 0 Å². The fourth-order valence-electron chi connectivity index (χ4n) is 3.69. The van der Waals surface area contributed by atoms with Crippen LogP contribution in [0.1, 0.15) is 25.3 Å². The molecule has 1 aromatic rings. The average Bonchev–Trinajstić information content (AvgIpc) is 3.17. The molecule has 142 valence electrons. The third kappa shape index (κ3) is 4.55. The van der Waals surface area contributed by atoms with Crippen molar-refractivity contribution in [3.63, 3.8) is 0 Å². The van der Waals surface area contributed by atoms with E-state index < -0.39 is 0 Å². The summed E-state index contributed by atoms with van der Waals surface area (Å²) in [4.78, 5) is 21.4. The van der Waals surface area contributed by atoms with E-state index in [1.165, 1.54) is 5.56 Å². The summed E-state index contributed by atoms with van der Waals surface area (Å²) in [6.45, 7) is 6.33. The number of aryl methyl sites for hydroxylation is 1. The topological polar surface area (TPSA) is 57.2 Å². The van der Waals surface area contributed by atoms with Crippen LogP contribution in [-0.2, 0) is 16.0 Å². The Morgan fingerprint density at radius 3 is 3.04 bits per heavy atom. The summed E-state index contributed by atoms with van der Waals surface area (Å²) in [7, 11) is 2.03. The predicted molar refractivity (Wildman–Crippen MR) is 105 cm³/mol. The van der Waals surface area contributed by atoms with Crippen molar-refractivity contribution in [3.05, 3.63) is 29.8 Å². The molecule has 1 amide bonds. The fraction of sp³-hybridized carbons (Fsp3) is 0.600. The van der Waals surface area contributed by atoms with Crippen LogP contribution in [-0.4, -0.2) is 63.2 Å². The fourth-order valence-corrected chi connectivity index (χ4v) is 3.69. The SMILES string of the molecule is CCNC(=NCC(=O)N1CCCc2ccccc21)N(C)CC1CCOC1. The lowest BCUT2D eigenvalue weighted by Gasteiger charge is -2.29. The van der Waals surface area contributed by atoms with Crippen LogP contribution in [0, 0.1) is 5.92 Å². The number of nitrogens with one attached hydrogen (secondary N) is 1. The van der Waals surface area contributed by atoms with Gasteiger partial charge in [-0.25, -0.2) is 4.99 Å². The number of para-hydroxylation sites is 1. The van der Waals surface area contributed by atoms with E-state index in [4.69, 9.17) is 4.74 Å². The second-order valence-electron chi connectivity index (χ2n) is 7.06. The van der Waals surface area contributed by atoms with Crippen LogP contribution >= 0.6 is 0 Å². The number of guanidine groups is 1. The summed E-state index contributed by atoms with van der Waals surface area (Å²) in [6, 6.07) is 8.18. The van der Waals surface area contributed by atoms with Gasteiger partial charge in [0.05, 0.1) is 6.61 Å². The van der Waals surface area contributed by atoms with Gasteiger partial charge in [0.2, 0.25) is 5.91 Å². The molecule has 0 saturated carbocycles. The van der Waals surface area contributed by atoms with E-state index >= 15 is 0 Å². The lowest BCUT2D eigenvalue weighted by atomic mass is 10.0. The molecule has 0 bridgehead atoms. The maximum atomic E-state index is 12.8. The molecule has 3 rings (SSSR count). The Hall–Kier alpha value is -2.08. The number of hydrogen-bond acceptors (Lipinski definition) is 3. The van der Waals surface area contributed by atoms with Gasteiger partial charge in [-0.15, -0.1) is 0 Å². The molecule has 1 aromatic carbocycles. The number of rotatable bonds is 5.